The van der Waals surface area contributed by atoms with Crippen LogP contribution in [0, 0.1) is 0 Å². The predicted octanol–water partition coefficient (Wildman–Crippen LogP) is 0.406. The molecule has 0 fully saturated rings. The van der Waals surface area contributed by atoms with Crippen LogP contribution in [0.3, 0.4) is 0 Å². The first-order chi connectivity index (χ1) is 8.02. The summed E-state index contributed by atoms with van der Waals surface area (Å²) in [4.78, 5) is 21.4. The van der Waals surface area contributed by atoms with Gasteiger partial charge in [0.05, 0.1) is 11.6 Å². The standard InChI is InChI=1S/C10H11ClN2O4/c11-7-3-6(4-14)1-2-8(7)17-5-9(15)13-10(12)16/h1-3,14H,4-5H2,(H3,12,13,15,16). The van der Waals surface area contributed by atoms with Crippen molar-refractivity contribution in [3.05, 3.63) is 28.8 Å². The average Bonchev–Trinajstić information content (AvgIpc) is 2.26. The third-order valence-electron chi connectivity index (χ3n) is 1.80. The van der Waals surface area contributed by atoms with Crippen LogP contribution in [0.1, 0.15) is 5.56 Å². The number of carbonyl (C=O) groups excluding carboxylic acids is 2. The summed E-state index contributed by atoms with van der Waals surface area (Å²) in [5.74, 6) is -0.386. The minimum atomic E-state index is -0.944. The van der Waals surface area contributed by atoms with Crippen LogP contribution >= 0.6 is 11.6 Å². The van der Waals surface area contributed by atoms with Crippen molar-refractivity contribution in [2.75, 3.05) is 6.61 Å². The smallest absolute Gasteiger partial charge is 0.318 e. The predicted molar refractivity (Wildman–Crippen MR) is 60.6 cm³/mol. The number of hydrogen-bond donors (Lipinski definition) is 3. The van der Waals surface area contributed by atoms with E-state index in [0.717, 1.165) is 0 Å². The Morgan fingerprint density at radius 3 is 2.71 bits per heavy atom. The maximum absolute atomic E-state index is 11.0. The number of halogens is 1. The van der Waals surface area contributed by atoms with Crippen LogP contribution in [0.4, 0.5) is 4.79 Å². The summed E-state index contributed by atoms with van der Waals surface area (Å²) in [5.41, 5.74) is 5.38. The van der Waals surface area contributed by atoms with E-state index in [2.05, 4.69) is 0 Å². The molecule has 17 heavy (non-hydrogen) atoms. The van der Waals surface area contributed by atoms with E-state index in [1.165, 1.54) is 12.1 Å². The molecule has 0 aliphatic rings. The highest BCUT2D eigenvalue weighted by atomic mass is 35.5. The topological polar surface area (TPSA) is 102 Å². The summed E-state index contributed by atoms with van der Waals surface area (Å²) >= 11 is 5.84. The van der Waals surface area contributed by atoms with Crippen molar-refractivity contribution < 1.29 is 19.4 Å². The van der Waals surface area contributed by atoms with Crippen LogP contribution in [0.25, 0.3) is 0 Å². The van der Waals surface area contributed by atoms with Gasteiger partial charge >= 0.3 is 6.03 Å². The van der Waals surface area contributed by atoms with Crippen molar-refractivity contribution in [2.24, 2.45) is 5.73 Å². The molecular formula is C10H11ClN2O4. The number of nitrogens with one attached hydrogen (secondary N) is 1. The van der Waals surface area contributed by atoms with Gasteiger partial charge in [-0.05, 0) is 17.7 Å². The molecule has 0 aromatic heterocycles. The molecular weight excluding hydrogens is 248 g/mol. The van der Waals surface area contributed by atoms with Crippen molar-refractivity contribution >= 4 is 23.5 Å². The van der Waals surface area contributed by atoms with Gasteiger partial charge in [0.15, 0.2) is 6.61 Å². The molecule has 0 saturated carbocycles. The lowest BCUT2D eigenvalue weighted by Crippen LogP contribution is -2.38. The van der Waals surface area contributed by atoms with Gasteiger partial charge in [-0.3, -0.25) is 10.1 Å². The molecule has 0 atom stereocenters. The molecule has 6 nitrogen and oxygen atoms in total. The van der Waals surface area contributed by atoms with E-state index in [4.69, 9.17) is 27.2 Å². The number of nitrogens with two attached hydrogens (primary N) is 1. The molecule has 4 N–H and O–H groups in total. The number of primary amides is 1. The average molecular weight is 259 g/mol. The second-order valence-electron chi connectivity index (χ2n) is 3.12. The van der Waals surface area contributed by atoms with Gasteiger partial charge < -0.3 is 15.6 Å². The van der Waals surface area contributed by atoms with Crippen LogP contribution < -0.4 is 15.8 Å². The van der Waals surface area contributed by atoms with Crippen LogP contribution in [0.5, 0.6) is 5.75 Å². The molecule has 0 radical (unpaired) electrons. The quantitative estimate of drug-likeness (QED) is 0.728. The second-order valence-corrected chi connectivity index (χ2v) is 3.53. The molecule has 7 heteroatoms. The van der Waals surface area contributed by atoms with Gasteiger partial charge in [-0.15, -0.1) is 0 Å². The number of ether oxygens (including phenoxy) is 1. The number of aliphatic hydroxyl groups excluding tert-OH is 1. The van der Waals surface area contributed by atoms with E-state index in [1.807, 2.05) is 5.32 Å². The minimum absolute atomic E-state index is 0.137. The normalized spacial score (nSPS) is 9.76. The zero-order chi connectivity index (χ0) is 12.8. The number of rotatable bonds is 4. The number of imide groups is 1. The number of hydrogen-bond acceptors (Lipinski definition) is 4. The highest BCUT2D eigenvalue weighted by Crippen LogP contribution is 2.25. The van der Waals surface area contributed by atoms with E-state index in [0.29, 0.717) is 5.56 Å². The van der Waals surface area contributed by atoms with Gasteiger partial charge in [0.25, 0.3) is 5.91 Å². The van der Waals surface area contributed by atoms with E-state index in [1.54, 1.807) is 6.07 Å². The van der Waals surface area contributed by atoms with Crippen LogP contribution in [-0.2, 0) is 11.4 Å². The first-order valence-corrected chi connectivity index (χ1v) is 5.02. The Kier molecular flexibility index (Phi) is 4.74. The van der Waals surface area contributed by atoms with E-state index >= 15 is 0 Å². The van der Waals surface area contributed by atoms with Crippen molar-refractivity contribution in [1.29, 1.82) is 0 Å². The Morgan fingerprint density at radius 2 is 2.18 bits per heavy atom. The van der Waals surface area contributed by atoms with Crippen molar-refractivity contribution in [3.63, 3.8) is 0 Å². The summed E-state index contributed by atoms with van der Waals surface area (Å²) in [6, 6.07) is 3.70. The lowest BCUT2D eigenvalue weighted by atomic mass is 10.2. The van der Waals surface area contributed by atoms with Gasteiger partial charge in [-0.25, -0.2) is 4.79 Å². The van der Waals surface area contributed by atoms with Gasteiger partial charge in [0.2, 0.25) is 0 Å². The molecule has 0 aliphatic heterocycles. The van der Waals surface area contributed by atoms with Crippen molar-refractivity contribution in [2.45, 2.75) is 6.61 Å². The summed E-state index contributed by atoms with van der Waals surface area (Å²) < 4.78 is 5.07. The van der Waals surface area contributed by atoms with Gasteiger partial charge in [0.1, 0.15) is 5.75 Å². The second kappa shape index (κ2) is 6.07. The lowest BCUT2D eigenvalue weighted by Gasteiger charge is -2.08. The lowest BCUT2D eigenvalue weighted by molar-refractivity contribution is -0.121. The third kappa shape index (κ3) is 4.29. The maximum atomic E-state index is 11.0. The van der Waals surface area contributed by atoms with Crippen molar-refractivity contribution in [3.8, 4) is 5.75 Å². The van der Waals surface area contributed by atoms with Crippen LogP contribution in [0.15, 0.2) is 18.2 Å². The number of benzene rings is 1. The number of urea groups is 1. The fourth-order valence-corrected chi connectivity index (χ4v) is 1.33. The monoisotopic (exact) mass is 258 g/mol. The zero-order valence-corrected chi connectivity index (χ0v) is 9.53. The largest absolute Gasteiger partial charge is 0.482 e. The Morgan fingerprint density at radius 1 is 1.47 bits per heavy atom. The summed E-state index contributed by atoms with van der Waals surface area (Å²) in [5, 5.41) is 11.0. The van der Waals surface area contributed by atoms with Crippen LogP contribution in [-0.4, -0.2) is 23.7 Å². The first-order valence-electron chi connectivity index (χ1n) is 4.64. The number of aliphatic hydroxyl groups is 1. The van der Waals surface area contributed by atoms with Crippen LogP contribution in [0.2, 0.25) is 5.02 Å². The van der Waals surface area contributed by atoms with Gasteiger partial charge in [0, 0.05) is 0 Å². The third-order valence-corrected chi connectivity index (χ3v) is 2.10. The summed E-state index contributed by atoms with van der Waals surface area (Å²) in [6.45, 7) is -0.511. The molecule has 0 spiro atoms. The molecule has 0 bridgehead atoms. The Hall–Kier alpha value is -1.79. The first kappa shape index (κ1) is 13.3. The molecule has 0 unspecified atom stereocenters. The summed E-state index contributed by atoms with van der Waals surface area (Å²) in [7, 11) is 0. The van der Waals surface area contributed by atoms with E-state index < -0.39 is 11.9 Å². The Balaban J connectivity index is 2.57. The molecule has 1 aromatic rings. The molecule has 0 heterocycles. The van der Waals surface area contributed by atoms with E-state index in [9.17, 15) is 9.59 Å². The molecule has 0 saturated heterocycles. The number of carbonyl (C=O) groups is 2. The highest BCUT2D eigenvalue weighted by Gasteiger charge is 2.07. The molecule has 0 aliphatic carbocycles. The Bertz CT molecular complexity index is 436. The number of amides is 3. The fraction of sp³-hybridized carbons (Fsp3) is 0.200. The molecule has 1 aromatic carbocycles. The summed E-state index contributed by atoms with van der Waals surface area (Å²) in [6.07, 6.45) is 0. The van der Waals surface area contributed by atoms with E-state index in [-0.39, 0.29) is 24.0 Å². The zero-order valence-electron chi connectivity index (χ0n) is 8.77. The maximum Gasteiger partial charge on any atom is 0.318 e. The molecule has 1 rings (SSSR count). The molecule has 92 valence electrons. The van der Waals surface area contributed by atoms with Crippen molar-refractivity contribution in [1.82, 2.24) is 5.32 Å². The highest BCUT2D eigenvalue weighted by molar-refractivity contribution is 6.32. The minimum Gasteiger partial charge on any atom is -0.482 e. The fourth-order valence-electron chi connectivity index (χ4n) is 1.08. The van der Waals surface area contributed by atoms with Gasteiger partial charge in [-0.1, -0.05) is 17.7 Å². The SMILES string of the molecule is NC(=O)NC(=O)COc1ccc(CO)cc1Cl. The molecule has 3 amide bonds. The Labute approximate surface area is 102 Å². The van der Waals surface area contributed by atoms with Gasteiger partial charge in [-0.2, -0.15) is 0 Å².